The summed E-state index contributed by atoms with van der Waals surface area (Å²) in [5.41, 5.74) is -1.08. The number of nitrogens with one attached hydrogen (secondary N) is 1. The van der Waals surface area contributed by atoms with Crippen LogP contribution in [0.4, 0.5) is 0 Å². The molecule has 0 fully saturated rings. The van der Waals surface area contributed by atoms with E-state index in [1.54, 1.807) is 12.1 Å². The Morgan fingerprint density at radius 3 is 2.53 bits per heavy atom. The number of aliphatic hydroxyl groups is 2. The third-order valence-corrected chi connectivity index (χ3v) is 2.92. The van der Waals surface area contributed by atoms with E-state index in [0.29, 0.717) is 15.8 Å². The number of aliphatic hydroxyl groups excluding tert-OH is 2. The van der Waals surface area contributed by atoms with E-state index in [-0.39, 0.29) is 19.8 Å². The molecule has 0 aromatic heterocycles. The van der Waals surface area contributed by atoms with Crippen LogP contribution in [0.1, 0.15) is 6.92 Å². The van der Waals surface area contributed by atoms with Gasteiger partial charge >= 0.3 is 0 Å². The Balaban J connectivity index is 2.55. The number of hydrogen-bond donors (Lipinski definition) is 3. The maximum atomic E-state index is 11.6. The van der Waals surface area contributed by atoms with Gasteiger partial charge in [-0.15, -0.1) is 0 Å². The Morgan fingerprint density at radius 2 is 2.00 bits per heavy atom. The van der Waals surface area contributed by atoms with Crippen LogP contribution in [0.3, 0.4) is 0 Å². The predicted octanol–water partition coefficient (Wildman–Crippen LogP) is 1.23. The normalized spacial score (nSPS) is 11.2. The number of carbonyl (C=O) groups excluding carboxylic acids is 1. The van der Waals surface area contributed by atoms with Crippen LogP contribution in [0, 0.1) is 0 Å². The largest absolute Gasteiger partial charge is 0.482 e. The predicted molar refractivity (Wildman–Crippen MR) is 72.7 cm³/mol. The molecular weight excluding hydrogens is 293 g/mol. The second kappa shape index (κ2) is 6.96. The first-order chi connectivity index (χ1) is 8.90. The standard InChI is InChI=1S/C12H15Cl2NO4/c1-12(6-16,7-17)15-11(18)5-19-10-3-2-8(13)4-9(10)14/h2-4,16-17H,5-7H2,1H3,(H,15,18). The van der Waals surface area contributed by atoms with E-state index in [0.717, 1.165) is 0 Å². The number of ether oxygens (including phenoxy) is 1. The maximum Gasteiger partial charge on any atom is 0.258 e. The summed E-state index contributed by atoms with van der Waals surface area (Å²) >= 11 is 11.6. The number of halogens is 2. The van der Waals surface area contributed by atoms with Gasteiger partial charge in [0.25, 0.3) is 5.91 Å². The van der Waals surface area contributed by atoms with E-state index in [1.165, 1.54) is 13.0 Å². The lowest BCUT2D eigenvalue weighted by Gasteiger charge is -2.26. The quantitative estimate of drug-likeness (QED) is 0.738. The minimum absolute atomic E-state index is 0.281. The van der Waals surface area contributed by atoms with Gasteiger partial charge in [0.1, 0.15) is 5.75 Å². The van der Waals surface area contributed by atoms with Crippen molar-refractivity contribution < 1.29 is 19.7 Å². The zero-order valence-electron chi connectivity index (χ0n) is 10.3. The van der Waals surface area contributed by atoms with Crippen molar-refractivity contribution in [1.82, 2.24) is 5.32 Å². The Hall–Kier alpha value is -1.01. The van der Waals surface area contributed by atoms with Crippen molar-refractivity contribution in [2.24, 2.45) is 0 Å². The first-order valence-corrected chi connectivity index (χ1v) is 6.26. The molecule has 0 bridgehead atoms. The molecule has 1 aromatic rings. The van der Waals surface area contributed by atoms with E-state index in [4.69, 9.17) is 38.2 Å². The molecule has 0 aliphatic heterocycles. The van der Waals surface area contributed by atoms with Crippen LogP contribution >= 0.6 is 23.2 Å². The molecule has 0 heterocycles. The second-order valence-electron chi connectivity index (χ2n) is 4.29. The smallest absolute Gasteiger partial charge is 0.258 e. The molecule has 7 heteroatoms. The maximum absolute atomic E-state index is 11.6. The molecule has 106 valence electrons. The highest BCUT2D eigenvalue weighted by atomic mass is 35.5. The number of benzene rings is 1. The van der Waals surface area contributed by atoms with E-state index >= 15 is 0 Å². The Labute approximate surface area is 121 Å². The van der Waals surface area contributed by atoms with Crippen molar-refractivity contribution >= 4 is 29.1 Å². The molecule has 1 aromatic carbocycles. The summed E-state index contributed by atoms with van der Waals surface area (Å²) in [4.78, 5) is 11.6. The first-order valence-electron chi connectivity index (χ1n) is 5.51. The van der Waals surface area contributed by atoms with Gasteiger partial charge < -0.3 is 20.3 Å². The molecule has 3 N–H and O–H groups in total. The lowest BCUT2D eigenvalue weighted by atomic mass is 10.1. The topological polar surface area (TPSA) is 78.8 Å². The number of carbonyl (C=O) groups is 1. The van der Waals surface area contributed by atoms with E-state index < -0.39 is 11.4 Å². The third kappa shape index (κ3) is 4.87. The monoisotopic (exact) mass is 307 g/mol. The fraction of sp³-hybridized carbons (Fsp3) is 0.417. The molecule has 0 radical (unpaired) electrons. The highest BCUT2D eigenvalue weighted by Crippen LogP contribution is 2.27. The number of rotatable bonds is 6. The van der Waals surface area contributed by atoms with Crippen LogP contribution < -0.4 is 10.1 Å². The average Bonchev–Trinajstić information content (AvgIpc) is 2.37. The highest BCUT2D eigenvalue weighted by Gasteiger charge is 2.24. The summed E-state index contributed by atoms with van der Waals surface area (Å²) in [6, 6.07) is 4.64. The number of hydrogen-bond acceptors (Lipinski definition) is 4. The van der Waals surface area contributed by atoms with Crippen LogP contribution in [0.5, 0.6) is 5.75 Å². The van der Waals surface area contributed by atoms with Gasteiger partial charge in [-0.2, -0.15) is 0 Å². The molecular formula is C12H15Cl2NO4. The molecule has 0 aliphatic carbocycles. The zero-order chi connectivity index (χ0) is 14.5. The Bertz CT molecular complexity index is 449. The van der Waals surface area contributed by atoms with Gasteiger partial charge in [0.2, 0.25) is 0 Å². The minimum Gasteiger partial charge on any atom is -0.482 e. The molecule has 19 heavy (non-hydrogen) atoms. The molecule has 0 saturated heterocycles. The van der Waals surface area contributed by atoms with Crippen molar-refractivity contribution in [2.45, 2.75) is 12.5 Å². The lowest BCUT2D eigenvalue weighted by Crippen LogP contribution is -2.53. The summed E-state index contributed by atoms with van der Waals surface area (Å²) in [5, 5.41) is 21.3. The van der Waals surface area contributed by atoms with Gasteiger partial charge in [0, 0.05) is 5.02 Å². The molecule has 0 spiro atoms. The average molecular weight is 308 g/mol. The van der Waals surface area contributed by atoms with Crippen LogP contribution in [-0.4, -0.2) is 41.5 Å². The van der Waals surface area contributed by atoms with E-state index in [9.17, 15) is 4.79 Å². The van der Waals surface area contributed by atoms with Gasteiger partial charge in [0.05, 0.1) is 23.8 Å². The Kier molecular flexibility index (Phi) is 5.87. The second-order valence-corrected chi connectivity index (χ2v) is 5.13. The van der Waals surface area contributed by atoms with Gasteiger partial charge in [0.15, 0.2) is 6.61 Å². The fourth-order valence-corrected chi connectivity index (χ4v) is 1.70. The summed E-state index contributed by atoms with van der Waals surface area (Å²) < 4.78 is 5.22. The van der Waals surface area contributed by atoms with Gasteiger partial charge in [-0.1, -0.05) is 23.2 Å². The highest BCUT2D eigenvalue weighted by molar-refractivity contribution is 6.35. The summed E-state index contributed by atoms with van der Waals surface area (Å²) in [5.74, 6) is -0.146. The van der Waals surface area contributed by atoms with Gasteiger partial charge in [-0.3, -0.25) is 4.79 Å². The molecule has 1 amide bonds. The van der Waals surface area contributed by atoms with Crippen LogP contribution in [0.15, 0.2) is 18.2 Å². The third-order valence-electron chi connectivity index (χ3n) is 2.39. The molecule has 0 unspecified atom stereocenters. The summed E-state index contributed by atoms with van der Waals surface area (Å²) in [6.07, 6.45) is 0. The van der Waals surface area contributed by atoms with Crippen molar-refractivity contribution in [3.63, 3.8) is 0 Å². The summed E-state index contributed by atoms with van der Waals surface area (Å²) in [6.45, 7) is 0.477. The first kappa shape index (κ1) is 16.0. The molecule has 5 nitrogen and oxygen atoms in total. The molecule has 0 saturated carbocycles. The molecule has 1 rings (SSSR count). The van der Waals surface area contributed by atoms with Crippen molar-refractivity contribution in [3.05, 3.63) is 28.2 Å². The SMILES string of the molecule is CC(CO)(CO)NC(=O)COc1ccc(Cl)cc1Cl. The van der Waals surface area contributed by atoms with E-state index in [2.05, 4.69) is 5.32 Å². The van der Waals surface area contributed by atoms with Crippen LogP contribution in [0.25, 0.3) is 0 Å². The van der Waals surface area contributed by atoms with Gasteiger partial charge in [-0.05, 0) is 25.1 Å². The van der Waals surface area contributed by atoms with E-state index in [1.807, 2.05) is 0 Å². The van der Waals surface area contributed by atoms with Crippen LogP contribution in [0.2, 0.25) is 10.0 Å². The number of amides is 1. The molecule has 0 atom stereocenters. The minimum atomic E-state index is -1.08. The fourth-order valence-electron chi connectivity index (χ4n) is 1.24. The summed E-state index contributed by atoms with van der Waals surface area (Å²) in [7, 11) is 0. The van der Waals surface area contributed by atoms with Crippen molar-refractivity contribution in [1.29, 1.82) is 0 Å². The van der Waals surface area contributed by atoms with Crippen molar-refractivity contribution in [2.75, 3.05) is 19.8 Å². The zero-order valence-corrected chi connectivity index (χ0v) is 11.8. The van der Waals surface area contributed by atoms with Gasteiger partial charge in [-0.25, -0.2) is 0 Å². The lowest BCUT2D eigenvalue weighted by molar-refractivity contribution is -0.126. The van der Waals surface area contributed by atoms with Crippen molar-refractivity contribution in [3.8, 4) is 5.75 Å². The Morgan fingerprint density at radius 1 is 1.37 bits per heavy atom. The molecule has 0 aliphatic rings. The van der Waals surface area contributed by atoms with Crippen LogP contribution in [-0.2, 0) is 4.79 Å².